The van der Waals surface area contributed by atoms with Gasteiger partial charge in [0.1, 0.15) is 0 Å². The van der Waals surface area contributed by atoms with E-state index in [4.69, 9.17) is 47.4 Å². The molecule has 0 N–H and O–H groups in total. The van der Waals surface area contributed by atoms with Gasteiger partial charge in [0.2, 0.25) is 0 Å². The molecule has 5 heterocycles. The molecule has 5 aliphatic heterocycles. The summed E-state index contributed by atoms with van der Waals surface area (Å²) in [5.41, 5.74) is 0. The smallest absolute Gasteiger partial charge is 0.163 e. The van der Waals surface area contributed by atoms with Crippen LogP contribution in [-0.2, 0) is 47.4 Å². The molecule has 0 aliphatic carbocycles. The first kappa shape index (κ1) is 33.9. The minimum Gasteiger partial charge on any atom is -0.350 e. The van der Waals surface area contributed by atoms with E-state index in [1.807, 2.05) is 69.2 Å². The van der Waals surface area contributed by atoms with Gasteiger partial charge in [0.25, 0.3) is 0 Å². The third-order valence-corrected chi connectivity index (χ3v) is 8.79. The van der Waals surface area contributed by atoms with Gasteiger partial charge in [-0.1, -0.05) is 0 Å². The second-order valence-corrected chi connectivity index (χ2v) is 15.5. The Morgan fingerprint density at radius 1 is 0.372 bits per heavy atom. The molecule has 0 unspecified atom stereocenters. The summed E-state index contributed by atoms with van der Waals surface area (Å²) < 4.78 is 62.3. The van der Waals surface area contributed by atoms with E-state index in [1.54, 1.807) is 0 Å². The maximum Gasteiger partial charge on any atom is 0.163 e. The van der Waals surface area contributed by atoms with Crippen LogP contribution in [0.4, 0.5) is 0 Å². The zero-order valence-electron chi connectivity index (χ0n) is 28.3. The van der Waals surface area contributed by atoms with E-state index in [1.165, 1.54) is 0 Å². The molecule has 0 aromatic carbocycles. The Hall–Kier alpha value is -0.400. The van der Waals surface area contributed by atoms with Gasteiger partial charge in [0.15, 0.2) is 28.9 Å². The predicted octanol–water partition coefficient (Wildman–Crippen LogP) is 5.97. The second kappa shape index (κ2) is 12.7. The summed E-state index contributed by atoms with van der Waals surface area (Å²) in [6.45, 7) is 21.2. The fourth-order valence-electron chi connectivity index (χ4n) is 7.67. The van der Waals surface area contributed by atoms with E-state index in [-0.39, 0.29) is 48.8 Å². The maximum atomic E-state index is 6.47. The summed E-state index contributed by atoms with van der Waals surface area (Å²) in [6.07, 6.45) is 6.65. The Balaban J connectivity index is 1.17. The van der Waals surface area contributed by atoms with Crippen LogP contribution in [0, 0.1) is 0 Å². The van der Waals surface area contributed by atoms with Gasteiger partial charge in [-0.3, -0.25) is 0 Å². The number of ether oxygens (including phenoxy) is 10. The highest BCUT2D eigenvalue weighted by Gasteiger charge is 2.45. The van der Waals surface area contributed by atoms with Crippen LogP contribution >= 0.6 is 0 Å². The first-order valence-electron chi connectivity index (χ1n) is 16.5. The molecular weight excluding hydrogens is 556 g/mol. The third kappa shape index (κ3) is 10.0. The number of hydrogen-bond donors (Lipinski definition) is 0. The van der Waals surface area contributed by atoms with Crippen molar-refractivity contribution in [1.29, 1.82) is 0 Å². The summed E-state index contributed by atoms with van der Waals surface area (Å²) in [4.78, 5) is 0. The van der Waals surface area contributed by atoms with Crippen molar-refractivity contribution in [2.45, 2.75) is 198 Å². The van der Waals surface area contributed by atoms with Crippen LogP contribution in [0.3, 0.4) is 0 Å². The van der Waals surface area contributed by atoms with E-state index in [9.17, 15) is 0 Å². The molecule has 5 aliphatic rings. The van der Waals surface area contributed by atoms with Crippen LogP contribution in [0.15, 0.2) is 0 Å². The first-order valence-corrected chi connectivity index (χ1v) is 16.5. The van der Waals surface area contributed by atoms with Crippen molar-refractivity contribution < 1.29 is 47.4 Å². The lowest BCUT2D eigenvalue weighted by atomic mass is 9.92. The van der Waals surface area contributed by atoms with E-state index in [0.29, 0.717) is 13.2 Å². The van der Waals surface area contributed by atoms with Gasteiger partial charge in [-0.15, -0.1) is 0 Å². The summed E-state index contributed by atoms with van der Waals surface area (Å²) in [5, 5.41) is 0. The van der Waals surface area contributed by atoms with Gasteiger partial charge < -0.3 is 47.4 Å². The SMILES string of the molecule is CC1(C)OCC[C@@H](C[C@H]2C[C@@H](C[C@@H]3C[C@@H](C[C@H]4C[C@H](C[C@@H]5COC(C)(C)O5)OC(C)(C)O4)OC(C)(C)O3)OC(C)(C)O2)O1. The fraction of sp³-hybridized carbons (Fsp3) is 1.00. The molecule has 0 radical (unpaired) electrons. The van der Waals surface area contributed by atoms with Crippen LogP contribution in [0.1, 0.15) is 121 Å². The number of hydrogen-bond acceptors (Lipinski definition) is 10. The van der Waals surface area contributed by atoms with Gasteiger partial charge >= 0.3 is 0 Å². The molecular formula is C33H58O10. The van der Waals surface area contributed by atoms with Gasteiger partial charge in [0, 0.05) is 44.9 Å². The Morgan fingerprint density at radius 2 is 0.674 bits per heavy atom. The molecule has 43 heavy (non-hydrogen) atoms. The Bertz CT molecular complexity index is 933. The Morgan fingerprint density at radius 3 is 1.02 bits per heavy atom. The fourth-order valence-corrected chi connectivity index (χ4v) is 7.67. The van der Waals surface area contributed by atoms with E-state index in [0.717, 1.165) is 51.4 Å². The summed E-state index contributed by atoms with van der Waals surface area (Å²) in [6, 6.07) is 0. The van der Waals surface area contributed by atoms with Crippen LogP contribution in [0.25, 0.3) is 0 Å². The van der Waals surface area contributed by atoms with Gasteiger partial charge in [-0.2, -0.15) is 0 Å². The molecule has 0 aromatic rings. The van der Waals surface area contributed by atoms with Gasteiger partial charge in [-0.25, -0.2) is 0 Å². The van der Waals surface area contributed by atoms with Crippen LogP contribution < -0.4 is 0 Å². The van der Waals surface area contributed by atoms with Crippen LogP contribution in [0.5, 0.6) is 0 Å². The second-order valence-electron chi connectivity index (χ2n) is 15.5. The lowest BCUT2D eigenvalue weighted by Gasteiger charge is -2.47. The molecule has 0 spiro atoms. The molecule has 5 rings (SSSR count). The van der Waals surface area contributed by atoms with Crippen molar-refractivity contribution in [3.63, 3.8) is 0 Å². The average Bonchev–Trinajstić information content (AvgIpc) is 3.12. The van der Waals surface area contributed by atoms with Crippen molar-refractivity contribution in [2.75, 3.05) is 13.2 Å². The van der Waals surface area contributed by atoms with Crippen molar-refractivity contribution in [1.82, 2.24) is 0 Å². The molecule has 0 aromatic heterocycles. The molecule has 8 atom stereocenters. The first-order chi connectivity index (χ1) is 19.8. The van der Waals surface area contributed by atoms with Crippen LogP contribution in [-0.4, -0.2) is 91.0 Å². The van der Waals surface area contributed by atoms with E-state index < -0.39 is 28.9 Å². The molecule has 5 saturated heterocycles. The topological polar surface area (TPSA) is 92.3 Å². The normalized spacial score (nSPS) is 42.0. The van der Waals surface area contributed by atoms with Crippen molar-refractivity contribution >= 4 is 0 Å². The predicted molar refractivity (Wildman–Crippen MR) is 158 cm³/mol. The summed E-state index contributed by atoms with van der Waals surface area (Å²) >= 11 is 0. The maximum absolute atomic E-state index is 6.47. The largest absolute Gasteiger partial charge is 0.350 e. The molecule has 0 saturated carbocycles. The zero-order valence-corrected chi connectivity index (χ0v) is 28.3. The van der Waals surface area contributed by atoms with Gasteiger partial charge in [0.05, 0.1) is 62.0 Å². The monoisotopic (exact) mass is 614 g/mol. The standard InChI is InChI=1S/C33H58O10/c1-29(2)34-12-11-21(36-29)13-22-14-23(38-31(5,6)37-22)15-24-16-25(40-32(7,8)39-24)17-26-18-27(42-33(9,10)41-26)19-28-20-35-30(3,4)43-28/h21-28H,11-20H2,1-10H3/t21-,22-,23-,24+,25-,26-,27+,28+/m0/s1. The molecule has 10 nitrogen and oxygen atoms in total. The number of rotatable bonds is 8. The van der Waals surface area contributed by atoms with Gasteiger partial charge in [-0.05, 0) is 75.7 Å². The minimum atomic E-state index is -0.699. The van der Waals surface area contributed by atoms with E-state index >= 15 is 0 Å². The zero-order chi connectivity index (χ0) is 31.3. The van der Waals surface area contributed by atoms with Crippen LogP contribution in [0.2, 0.25) is 0 Å². The summed E-state index contributed by atoms with van der Waals surface area (Å²) in [7, 11) is 0. The average molecular weight is 615 g/mol. The minimum absolute atomic E-state index is 0.000171. The van der Waals surface area contributed by atoms with Crippen molar-refractivity contribution in [2.24, 2.45) is 0 Å². The molecule has 0 amide bonds. The quantitative estimate of drug-likeness (QED) is 0.326. The third-order valence-electron chi connectivity index (χ3n) is 8.79. The molecule has 10 heteroatoms. The highest BCUT2D eigenvalue weighted by atomic mass is 16.8. The Kier molecular flexibility index (Phi) is 9.99. The van der Waals surface area contributed by atoms with Crippen molar-refractivity contribution in [3.05, 3.63) is 0 Å². The highest BCUT2D eigenvalue weighted by molar-refractivity contribution is 4.88. The lowest BCUT2D eigenvalue weighted by molar-refractivity contribution is -0.337. The summed E-state index contributed by atoms with van der Waals surface area (Å²) in [5.74, 6) is -3.15. The van der Waals surface area contributed by atoms with E-state index in [2.05, 4.69) is 0 Å². The Labute approximate surface area is 259 Å². The highest BCUT2D eigenvalue weighted by Crippen LogP contribution is 2.39. The molecule has 0 bridgehead atoms. The lowest BCUT2D eigenvalue weighted by Crippen LogP contribution is -2.51. The molecule has 250 valence electrons. The molecule has 5 fully saturated rings. The van der Waals surface area contributed by atoms with Crippen molar-refractivity contribution in [3.8, 4) is 0 Å².